The molecule has 0 aliphatic rings. The molecule has 18 heavy (non-hydrogen) atoms. The van der Waals surface area contributed by atoms with E-state index in [-0.39, 0.29) is 6.61 Å². The summed E-state index contributed by atoms with van der Waals surface area (Å²) in [5.74, 6) is 0. The van der Waals surface area contributed by atoms with Crippen molar-refractivity contribution in [1.82, 2.24) is 0 Å². The van der Waals surface area contributed by atoms with Crippen molar-refractivity contribution in [2.24, 2.45) is 0 Å². The molecular weight excluding hydrogens is 286 g/mol. The summed E-state index contributed by atoms with van der Waals surface area (Å²) in [5.41, 5.74) is 0. The maximum absolute atomic E-state index is 10.5. The zero-order chi connectivity index (χ0) is 14.2. The smallest absolute Gasteiger partial charge is 0.469 e. The summed E-state index contributed by atoms with van der Waals surface area (Å²) in [6.07, 6.45) is 1.55. The third-order valence-corrected chi connectivity index (χ3v) is 3.14. The van der Waals surface area contributed by atoms with Gasteiger partial charge in [-0.1, -0.05) is 13.3 Å². The second kappa shape index (κ2) is 8.40. The van der Waals surface area contributed by atoms with Crippen LogP contribution in [0.4, 0.5) is 0 Å². The number of unbranched alkanes of at least 4 members (excludes halogenated alkanes) is 1. The van der Waals surface area contributed by atoms with Gasteiger partial charge in [-0.05, 0) is 25.7 Å². The first kappa shape index (κ1) is 18.2. The van der Waals surface area contributed by atoms with Crippen LogP contribution >= 0.6 is 15.6 Å². The summed E-state index contributed by atoms with van der Waals surface area (Å²) >= 11 is 0. The van der Waals surface area contributed by atoms with Gasteiger partial charge in [0.05, 0.1) is 20.5 Å². The molecule has 0 bridgehead atoms. The van der Waals surface area contributed by atoms with Crippen LogP contribution in [0.5, 0.6) is 0 Å². The van der Waals surface area contributed by atoms with Crippen LogP contribution in [0.15, 0.2) is 0 Å². The molecule has 0 saturated carbocycles. The summed E-state index contributed by atoms with van der Waals surface area (Å²) in [6, 6.07) is 0. The van der Waals surface area contributed by atoms with Crippen molar-refractivity contribution >= 4 is 15.6 Å². The number of hydrogen-bond donors (Lipinski definition) is 2. The van der Waals surface area contributed by atoms with Crippen LogP contribution in [-0.2, 0) is 18.2 Å². The highest BCUT2D eigenvalue weighted by Crippen LogP contribution is 2.36. The van der Waals surface area contributed by atoms with Gasteiger partial charge < -0.3 is 28.7 Å². The third kappa shape index (κ3) is 12.7. The molecule has 0 fully saturated rings. The van der Waals surface area contributed by atoms with E-state index in [1.165, 1.54) is 0 Å². The van der Waals surface area contributed by atoms with E-state index < -0.39 is 21.7 Å². The lowest BCUT2D eigenvalue weighted by atomic mass is 10.1. The largest absolute Gasteiger partial charge is 0.790 e. The molecule has 0 aliphatic heterocycles. The topological polar surface area (TPSA) is 139 Å². The zero-order valence-electron chi connectivity index (χ0n) is 10.1. The maximum atomic E-state index is 10.5. The van der Waals surface area contributed by atoms with E-state index in [1.807, 2.05) is 6.92 Å². The summed E-state index contributed by atoms with van der Waals surface area (Å²) in [4.78, 5) is 37.7. The van der Waals surface area contributed by atoms with Crippen molar-refractivity contribution < 1.29 is 37.8 Å². The van der Waals surface area contributed by atoms with Gasteiger partial charge >= 0.3 is 7.82 Å². The number of rotatable bonds is 10. The van der Waals surface area contributed by atoms with E-state index >= 15 is 0 Å². The summed E-state index contributed by atoms with van der Waals surface area (Å²) in [7, 11) is -9.44. The molecule has 8 nitrogen and oxygen atoms in total. The Labute approximate surface area is 106 Å². The van der Waals surface area contributed by atoms with Crippen molar-refractivity contribution in [3.05, 3.63) is 0 Å². The molecule has 0 aromatic rings. The molecule has 0 aromatic carbocycles. The predicted octanol–water partition coefficient (Wildman–Crippen LogP) is 0.280. The van der Waals surface area contributed by atoms with E-state index in [4.69, 9.17) is 9.79 Å². The first-order valence-corrected chi connectivity index (χ1v) is 8.53. The maximum Gasteiger partial charge on any atom is 0.469 e. The first-order valence-electron chi connectivity index (χ1n) is 5.54. The van der Waals surface area contributed by atoms with Crippen LogP contribution in [0.3, 0.4) is 0 Å². The van der Waals surface area contributed by atoms with E-state index in [1.54, 1.807) is 0 Å². The van der Waals surface area contributed by atoms with Gasteiger partial charge in [0.25, 0.3) is 0 Å². The fraction of sp³-hybridized carbons (Fsp3) is 1.00. The Morgan fingerprint density at radius 2 is 1.78 bits per heavy atom. The van der Waals surface area contributed by atoms with E-state index in [9.17, 15) is 18.9 Å². The predicted molar refractivity (Wildman–Crippen MR) is 59.2 cm³/mol. The minimum atomic E-state index is -4.99. The molecule has 1 atom stereocenters. The Morgan fingerprint density at radius 3 is 2.22 bits per heavy atom. The minimum Gasteiger partial charge on any atom is -0.790 e. The van der Waals surface area contributed by atoms with E-state index in [0.717, 1.165) is 0 Å². The van der Waals surface area contributed by atoms with Crippen LogP contribution in [0.25, 0.3) is 0 Å². The third-order valence-electron chi connectivity index (χ3n) is 2.07. The van der Waals surface area contributed by atoms with Gasteiger partial charge in [-0.3, -0.25) is 4.52 Å². The van der Waals surface area contributed by atoms with E-state index in [2.05, 4.69) is 9.05 Å². The van der Waals surface area contributed by atoms with Crippen LogP contribution in [0.1, 0.15) is 39.0 Å². The Balaban J connectivity index is 3.84. The summed E-state index contributed by atoms with van der Waals surface area (Å²) < 4.78 is 29.4. The molecule has 0 radical (unpaired) electrons. The lowest BCUT2D eigenvalue weighted by Gasteiger charge is -2.33. The Hall–Kier alpha value is 0.220. The monoisotopic (exact) mass is 304 g/mol. The fourth-order valence-electron chi connectivity index (χ4n) is 1.41. The van der Waals surface area contributed by atoms with Gasteiger partial charge in [0.2, 0.25) is 0 Å². The van der Waals surface area contributed by atoms with Crippen LogP contribution < -0.4 is 9.79 Å². The molecule has 0 aliphatic carbocycles. The van der Waals surface area contributed by atoms with Crippen molar-refractivity contribution in [2.45, 2.75) is 45.1 Å². The van der Waals surface area contributed by atoms with Crippen molar-refractivity contribution in [2.75, 3.05) is 6.61 Å². The highest BCUT2D eigenvalue weighted by Gasteiger charge is 2.14. The van der Waals surface area contributed by atoms with Gasteiger partial charge in [-0.2, -0.15) is 0 Å². The standard InChI is InChI=1S/C8H20O8P2/c1-2-5-8(16-18(12,13)14)6-3-4-7-15-17(9,10)11/h8H,2-7H2,1H3,(H2,9,10,11)(H2,12,13,14)/p-2. The second-order valence-electron chi connectivity index (χ2n) is 3.78. The van der Waals surface area contributed by atoms with Gasteiger partial charge in [0.15, 0.2) is 0 Å². The Bertz CT molecular complexity index is 308. The average molecular weight is 304 g/mol. The molecule has 10 heteroatoms. The number of hydrogen-bond acceptors (Lipinski definition) is 6. The zero-order valence-corrected chi connectivity index (χ0v) is 11.8. The fourth-order valence-corrected chi connectivity index (χ4v) is 2.35. The Kier molecular flexibility index (Phi) is 8.51. The highest BCUT2D eigenvalue weighted by molar-refractivity contribution is 7.46. The van der Waals surface area contributed by atoms with Crippen molar-refractivity contribution in [3.8, 4) is 0 Å². The molecule has 0 spiro atoms. The molecule has 2 N–H and O–H groups in total. The second-order valence-corrected chi connectivity index (χ2v) is 6.13. The molecule has 0 heterocycles. The molecule has 0 amide bonds. The molecule has 0 aromatic heterocycles. The molecule has 0 saturated heterocycles. The highest BCUT2D eigenvalue weighted by atomic mass is 31.2. The molecule has 0 rings (SSSR count). The van der Waals surface area contributed by atoms with E-state index in [0.29, 0.717) is 32.1 Å². The average Bonchev–Trinajstić information content (AvgIpc) is 2.13. The van der Waals surface area contributed by atoms with Crippen molar-refractivity contribution in [3.63, 3.8) is 0 Å². The summed E-state index contributed by atoms with van der Waals surface area (Å²) in [5, 5.41) is 0. The van der Waals surface area contributed by atoms with Gasteiger partial charge in [-0.25, -0.2) is 4.57 Å². The molecule has 1 unspecified atom stereocenters. The first-order chi connectivity index (χ1) is 8.14. The van der Waals surface area contributed by atoms with Crippen LogP contribution in [0.2, 0.25) is 0 Å². The Morgan fingerprint density at radius 1 is 1.17 bits per heavy atom. The number of phosphoric acid groups is 2. The van der Waals surface area contributed by atoms with Crippen LogP contribution in [-0.4, -0.2) is 22.5 Å². The van der Waals surface area contributed by atoms with Crippen LogP contribution in [0, 0.1) is 0 Å². The quantitative estimate of drug-likeness (QED) is 0.433. The van der Waals surface area contributed by atoms with Gasteiger partial charge in [-0.15, -0.1) is 0 Å². The number of phosphoric ester groups is 2. The minimum absolute atomic E-state index is 0.129. The SMILES string of the molecule is CCCC(CCCCOP(=O)(O)O)OP(=O)([O-])[O-]. The summed E-state index contributed by atoms with van der Waals surface area (Å²) in [6.45, 7) is 1.70. The lowest BCUT2D eigenvalue weighted by molar-refractivity contribution is -0.345. The van der Waals surface area contributed by atoms with Gasteiger partial charge in [0.1, 0.15) is 0 Å². The lowest BCUT2D eigenvalue weighted by Crippen LogP contribution is -2.23. The van der Waals surface area contributed by atoms with Gasteiger partial charge in [0, 0.05) is 0 Å². The van der Waals surface area contributed by atoms with Crippen molar-refractivity contribution in [1.29, 1.82) is 0 Å². The molecule has 110 valence electrons. The normalized spacial score (nSPS) is 14.7. The molecular formula is C8H18O8P2-2.